The van der Waals surface area contributed by atoms with E-state index in [4.69, 9.17) is 4.74 Å². The molecule has 1 amide bonds. The van der Waals surface area contributed by atoms with E-state index in [1.807, 2.05) is 41.3 Å². The summed E-state index contributed by atoms with van der Waals surface area (Å²) in [4.78, 5) is 15.7. The van der Waals surface area contributed by atoms with Crippen LogP contribution in [0.15, 0.2) is 48.8 Å². The number of aromatic nitrogens is 2. The highest BCUT2D eigenvalue weighted by molar-refractivity contribution is 5.88. The van der Waals surface area contributed by atoms with Crippen LogP contribution in [0.5, 0.6) is 0 Å². The lowest BCUT2D eigenvalue weighted by Gasteiger charge is -2.42. The first-order valence-electron chi connectivity index (χ1n) is 9.21. The van der Waals surface area contributed by atoms with Crippen molar-refractivity contribution in [3.63, 3.8) is 0 Å². The van der Waals surface area contributed by atoms with Crippen LogP contribution in [0.25, 0.3) is 0 Å². The van der Waals surface area contributed by atoms with Gasteiger partial charge >= 0.3 is 0 Å². The molecule has 2 aliphatic heterocycles. The number of amides is 1. The molecule has 2 saturated heterocycles. The maximum atomic E-state index is 13.6. The Morgan fingerprint density at radius 3 is 2.68 bits per heavy atom. The Labute approximate surface area is 148 Å². The fraction of sp³-hybridized carbons (Fsp3) is 0.500. The van der Waals surface area contributed by atoms with Crippen LogP contribution in [0.2, 0.25) is 0 Å². The third-order valence-electron chi connectivity index (χ3n) is 5.66. The molecule has 5 heteroatoms. The first-order valence-corrected chi connectivity index (χ1v) is 9.21. The lowest BCUT2D eigenvalue weighted by Crippen LogP contribution is -2.52. The molecule has 1 atom stereocenters. The van der Waals surface area contributed by atoms with Gasteiger partial charge in [0.15, 0.2) is 0 Å². The van der Waals surface area contributed by atoms with E-state index >= 15 is 0 Å². The van der Waals surface area contributed by atoms with Gasteiger partial charge in [-0.1, -0.05) is 30.3 Å². The van der Waals surface area contributed by atoms with Crippen LogP contribution in [0.1, 0.15) is 37.3 Å². The number of nitrogens with zero attached hydrogens (tertiary/aromatic N) is 3. The average molecular weight is 339 g/mol. The summed E-state index contributed by atoms with van der Waals surface area (Å²) in [5.74, 6) is 0.263. The maximum absolute atomic E-state index is 13.6. The van der Waals surface area contributed by atoms with Gasteiger partial charge in [0.1, 0.15) is 0 Å². The van der Waals surface area contributed by atoms with Crippen LogP contribution >= 0.6 is 0 Å². The van der Waals surface area contributed by atoms with E-state index in [1.54, 1.807) is 0 Å². The van der Waals surface area contributed by atoms with Crippen molar-refractivity contribution < 1.29 is 9.53 Å². The molecule has 0 aliphatic carbocycles. The number of carbonyl (C=O) groups excluding carboxylic acids is 1. The summed E-state index contributed by atoms with van der Waals surface area (Å²) >= 11 is 0. The summed E-state index contributed by atoms with van der Waals surface area (Å²) in [6.07, 6.45) is 7.44. The molecule has 0 radical (unpaired) electrons. The Bertz CT molecular complexity index is 693. The fourth-order valence-corrected chi connectivity index (χ4v) is 4.26. The maximum Gasteiger partial charge on any atom is 0.233 e. The van der Waals surface area contributed by atoms with Crippen molar-refractivity contribution in [2.24, 2.45) is 0 Å². The Balaban J connectivity index is 1.60. The molecular formula is C20H25N3O2. The predicted molar refractivity (Wildman–Crippen MR) is 95.3 cm³/mol. The molecule has 0 N–H and O–H groups in total. The fourth-order valence-electron chi connectivity index (χ4n) is 4.26. The van der Waals surface area contributed by atoms with Crippen molar-refractivity contribution in [2.45, 2.75) is 37.1 Å². The second kappa shape index (κ2) is 7.00. The van der Waals surface area contributed by atoms with Crippen molar-refractivity contribution in [2.75, 3.05) is 26.3 Å². The molecule has 4 rings (SSSR count). The van der Waals surface area contributed by atoms with Crippen molar-refractivity contribution >= 4 is 5.91 Å². The third-order valence-corrected chi connectivity index (χ3v) is 5.66. The van der Waals surface area contributed by atoms with Gasteiger partial charge in [0.05, 0.1) is 11.5 Å². The highest BCUT2D eigenvalue weighted by atomic mass is 16.5. The van der Waals surface area contributed by atoms with Gasteiger partial charge in [-0.05, 0) is 37.3 Å². The van der Waals surface area contributed by atoms with Crippen molar-refractivity contribution in [3.05, 3.63) is 54.4 Å². The summed E-state index contributed by atoms with van der Waals surface area (Å²) in [6.45, 7) is 2.89. The van der Waals surface area contributed by atoms with Gasteiger partial charge in [0.2, 0.25) is 5.91 Å². The van der Waals surface area contributed by atoms with E-state index in [-0.39, 0.29) is 11.9 Å². The van der Waals surface area contributed by atoms with E-state index in [0.717, 1.165) is 44.3 Å². The molecule has 2 fully saturated rings. The van der Waals surface area contributed by atoms with Crippen LogP contribution < -0.4 is 0 Å². The standard InChI is InChI=1S/C20H25N3O2/c24-19(22-12-4-8-18(16-22)23-13-5-11-21-23)20(9-14-25-15-10-20)17-6-2-1-3-7-17/h1-3,5-7,11,13,18H,4,8-10,12,14-16H2/t18-/m0/s1. The average Bonchev–Trinajstić information content (AvgIpc) is 3.24. The number of rotatable bonds is 3. The molecule has 25 heavy (non-hydrogen) atoms. The van der Waals surface area contributed by atoms with Crippen molar-refractivity contribution in [1.82, 2.24) is 14.7 Å². The normalized spacial score (nSPS) is 23.4. The summed E-state index contributed by atoms with van der Waals surface area (Å²) in [5.41, 5.74) is 0.690. The molecule has 0 bridgehead atoms. The van der Waals surface area contributed by atoms with Crippen molar-refractivity contribution in [3.8, 4) is 0 Å². The number of hydrogen-bond acceptors (Lipinski definition) is 3. The summed E-state index contributed by atoms with van der Waals surface area (Å²) in [5, 5.41) is 4.38. The van der Waals surface area contributed by atoms with E-state index in [0.29, 0.717) is 13.2 Å². The topological polar surface area (TPSA) is 47.4 Å². The lowest BCUT2D eigenvalue weighted by atomic mass is 9.72. The van der Waals surface area contributed by atoms with Crippen molar-refractivity contribution in [1.29, 1.82) is 0 Å². The molecule has 1 aromatic heterocycles. The molecule has 1 aromatic carbocycles. The molecule has 0 spiro atoms. The first kappa shape index (κ1) is 16.3. The smallest absolute Gasteiger partial charge is 0.233 e. The largest absolute Gasteiger partial charge is 0.381 e. The number of hydrogen-bond donors (Lipinski definition) is 0. The monoisotopic (exact) mass is 339 g/mol. The van der Waals surface area contributed by atoms with Gasteiger partial charge in [-0.3, -0.25) is 9.48 Å². The van der Waals surface area contributed by atoms with Gasteiger partial charge < -0.3 is 9.64 Å². The van der Waals surface area contributed by atoms with E-state index in [1.165, 1.54) is 0 Å². The number of benzene rings is 1. The Hall–Kier alpha value is -2.14. The minimum atomic E-state index is -0.439. The van der Waals surface area contributed by atoms with Gasteiger partial charge in [-0.25, -0.2) is 0 Å². The Kier molecular flexibility index (Phi) is 4.57. The number of piperidine rings is 1. The molecule has 0 unspecified atom stereocenters. The van der Waals surface area contributed by atoms with E-state index < -0.39 is 5.41 Å². The van der Waals surface area contributed by atoms with Crippen LogP contribution in [0, 0.1) is 0 Å². The molecule has 2 aliphatic rings. The van der Waals surface area contributed by atoms with Crippen LogP contribution in [0.3, 0.4) is 0 Å². The highest BCUT2D eigenvalue weighted by Gasteiger charge is 2.44. The van der Waals surface area contributed by atoms with Crippen LogP contribution in [-0.4, -0.2) is 46.9 Å². The molecule has 132 valence electrons. The zero-order chi connectivity index (χ0) is 17.1. The minimum Gasteiger partial charge on any atom is -0.381 e. The quantitative estimate of drug-likeness (QED) is 0.864. The molecule has 3 heterocycles. The van der Waals surface area contributed by atoms with Crippen LogP contribution in [0.4, 0.5) is 0 Å². The number of ether oxygens (including phenoxy) is 1. The second-order valence-corrected chi connectivity index (χ2v) is 7.09. The highest BCUT2D eigenvalue weighted by Crippen LogP contribution is 2.38. The van der Waals surface area contributed by atoms with E-state index in [2.05, 4.69) is 22.1 Å². The van der Waals surface area contributed by atoms with E-state index in [9.17, 15) is 4.79 Å². The zero-order valence-corrected chi connectivity index (χ0v) is 14.5. The zero-order valence-electron chi connectivity index (χ0n) is 14.5. The molecular weight excluding hydrogens is 314 g/mol. The molecule has 5 nitrogen and oxygen atoms in total. The summed E-state index contributed by atoms with van der Waals surface area (Å²) in [6, 6.07) is 12.5. The second-order valence-electron chi connectivity index (χ2n) is 7.09. The predicted octanol–water partition coefficient (Wildman–Crippen LogP) is 2.80. The Morgan fingerprint density at radius 2 is 1.96 bits per heavy atom. The lowest BCUT2D eigenvalue weighted by molar-refractivity contribution is -0.143. The SMILES string of the molecule is O=C(N1CCC[C@H](n2cccn2)C1)C1(c2ccccc2)CCOCC1. The molecule has 2 aromatic rings. The summed E-state index contributed by atoms with van der Waals surface area (Å²) < 4.78 is 7.58. The van der Waals surface area contributed by atoms with Gasteiger partial charge in [-0.15, -0.1) is 0 Å². The van der Waals surface area contributed by atoms with Gasteiger partial charge in [0, 0.05) is 38.7 Å². The van der Waals surface area contributed by atoms with Gasteiger partial charge in [-0.2, -0.15) is 5.10 Å². The number of likely N-dealkylation sites (tertiary alicyclic amines) is 1. The van der Waals surface area contributed by atoms with Gasteiger partial charge in [0.25, 0.3) is 0 Å². The molecule has 0 saturated carbocycles. The number of carbonyl (C=O) groups is 1. The first-order chi connectivity index (χ1) is 12.3. The summed E-state index contributed by atoms with van der Waals surface area (Å²) in [7, 11) is 0. The van der Waals surface area contributed by atoms with Crippen LogP contribution in [-0.2, 0) is 14.9 Å². The minimum absolute atomic E-state index is 0.263. The Morgan fingerprint density at radius 1 is 1.16 bits per heavy atom. The third kappa shape index (κ3) is 3.09.